The van der Waals surface area contributed by atoms with E-state index in [9.17, 15) is 19.8 Å². The first-order chi connectivity index (χ1) is 29.0. The van der Waals surface area contributed by atoms with Crippen molar-refractivity contribution in [2.24, 2.45) is 0 Å². The van der Waals surface area contributed by atoms with Crippen molar-refractivity contribution in [3.8, 4) is 0 Å². The number of aliphatic hydroxyl groups excluding tert-OH is 2. The van der Waals surface area contributed by atoms with Gasteiger partial charge in [-0.2, -0.15) is 0 Å². The standard InChI is InChI=1S/C53H103NO5/c1-4-7-10-13-16-19-21-23-25-27-28-30-33-35-38-41-44-49(59-53(58)46-43-40-37-32-18-15-12-9-6-3)47-52(57)54-50(48-55)51(56)45-42-39-36-34-31-29-26-24-22-20-17-14-11-8-5-2/h28,30,49-51,55-56H,4-27,29,31-48H2,1-3H3,(H,54,57)/b30-28+. The van der Waals surface area contributed by atoms with Gasteiger partial charge in [0.1, 0.15) is 6.10 Å². The lowest BCUT2D eigenvalue weighted by Gasteiger charge is -2.24. The molecule has 0 aliphatic carbocycles. The molecule has 350 valence electrons. The number of ether oxygens (including phenoxy) is 1. The van der Waals surface area contributed by atoms with Crippen molar-refractivity contribution in [3.05, 3.63) is 12.2 Å². The molecule has 0 heterocycles. The maximum Gasteiger partial charge on any atom is 0.306 e. The van der Waals surface area contributed by atoms with Crippen LogP contribution in [0, 0.1) is 0 Å². The monoisotopic (exact) mass is 834 g/mol. The van der Waals surface area contributed by atoms with Crippen molar-refractivity contribution in [1.29, 1.82) is 0 Å². The Balaban J connectivity index is 4.49. The van der Waals surface area contributed by atoms with Crippen molar-refractivity contribution in [3.63, 3.8) is 0 Å². The van der Waals surface area contributed by atoms with E-state index >= 15 is 0 Å². The highest BCUT2D eigenvalue weighted by Gasteiger charge is 2.24. The van der Waals surface area contributed by atoms with Crippen molar-refractivity contribution in [2.75, 3.05) is 6.61 Å². The number of unbranched alkanes of at least 4 members (excludes halogenated alkanes) is 34. The first kappa shape index (κ1) is 57.6. The van der Waals surface area contributed by atoms with E-state index in [-0.39, 0.29) is 24.9 Å². The minimum atomic E-state index is -0.785. The first-order valence-electron chi connectivity index (χ1n) is 26.4. The zero-order valence-corrected chi connectivity index (χ0v) is 39.9. The van der Waals surface area contributed by atoms with Gasteiger partial charge in [-0.15, -0.1) is 0 Å². The molecule has 0 aliphatic heterocycles. The summed E-state index contributed by atoms with van der Waals surface area (Å²) in [6.07, 6.45) is 52.8. The molecule has 0 spiro atoms. The molecule has 0 saturated heterocycles. The van der Waals surface area contributed by atoms with Gasteiger partial charge < -0.3 is 20.3 Å². The van der Waals surface area contributed by atoms with Crippen molar-refractivity contribution in [2.45, 2.75) is 309 Å². The molecule has 0 aromatic rings. The number of rotatable bonds is 48. The molecule has 0 saturated carbocycles. The fraction of sp³-hybridized carbons (Fsp3) is 0.925. The minimum Gasteiger partial charge on any atom is -0.462 e. The third-order valence-electron chi connectivity index (χ3n) is 12.3. The molecule has 6 nitrogen and oxygen atoms in total. The molecule has 59 heavy (non-hydrogen) atoms. The second-order valence-corrected chi connectivity index (χ2v) is 18.3. The van der Waals surface area contributed by atoms with Gasteiger partial charge in [-0.05, 0) is 51.4 Å². The van der Waals surface area contributed by atoms with Crippen LogP contribution in [0.4, 0.5) is 0 Å². The van der Waals surface area contributed by atoms with Crippen LogP contribution in [0.25, 0.3) is 0 Å². The van der Waals surface area contributed by atoms with Crippen LogP contribution in [0.2, 0.25) is 0 Å². The third kappa shape index (κ3) is 43.1. The fourth-order valence-electron chi connectivity index (χ4n) is 8.31. The number of allylic oxidation sites excluding steroid dienone is 2. The fourth-order valence-corrected chi connectivity index (χ4v) is 8.31. The van der Waals surface area contributed by atoms with Gasteiger partial charge in [-0.25, -0.2) is 0 Å². The predicted molar refractivity (Wildman–Crippen MR) is 255 cm³/mol. The molecule has 6 heteroatoms. The molecule has 0 aromatic heterocycles. The number of nitrogens with one attached hydrogen (secondary N) is 1. The second kappa shape index (κ2) is 47.6. The molecule has 1 amide bonds. The molecule has 3 atom stereocenters. The molecule has 0 aromatic carbocycles. The number of carbonyl (C=O) groups excluding carboxylic acids is 2. The summed E-state index contributed by atoms with van der Waals surface area (Å²) in [7, 11) is 0. The number of carbonyl (C=O) groups is 2. The van der Waals surface area contributed by atoms with E-state index in [0.29, 0.717) is 19.3 Å². The van der Waals surface area contributed by atoms with E-state index < -0.39 is 18.2 Å². The molecular formula is C53H103NO5. The lowest BCUT2D eigenvalue weighted by atomic mass is 10.0. The topological polar surface area (TPSA) is 95.9 Å². The molecule has 3 unspecified atom stereocenters. The summed E-state index contributed by atoms with van der Waals surface area (Å²) in [6, 6.07) is -0.699. The van der Waals surface area contributed by atoms with E-state index in [1.165, 1.54) is 186 Å². The summed E-state index contributed by atoms with van der Waals surface area (Å²) >= 11 is 0. The molecule has 0 fully saturated rings. The number of esters is 1. The quantitative estimate of drug-likeness (QED) is 0.0322. The molecule has 0 bridgehead atoms. The maximum absolute atomic E-state index is 13.2. The highest BCUT2D eigenvalue weighted by molar-refractivity contribution is 5.77. The van der Waals surface area contributed by atoms with Gasteiger partial charge in [-0.3, -0.25) is 9.59 Å². The van der Waals surface area contributed by atoms with Gasteiger partial charge in [0.25, 0.3) is 0 Å². The van der Waals surface area contributed by atoms with Crippen LogP contribution in [-0.4, -0.2) is 46.9 Å². The Morgan fingerprint density at radius 1 is 0.475 bits per heavy atom. The van der Waals surface area contributed by atoms with Gasteiger partial charge in [0.15, 0.2) is 0 Å². The van der Waals surface area contributed by atoms with Gasteiger partial charge >= 0.3 is 5.97 Å². The Morgan fingerprint density at radius 2 is 0.814 bits per heavy atom. The van der Waals surface area contributed by atoms with Crippen LogP contribution < -0.4 is 5.32 Å². The van der Waals surface area contributed by atoms with Crippen LogP contribution in [-0.2, 0) is 14.3 Å². The number of amides is 1. The van der Waals surface area contributed by atoms with Gasteiger partial charge in [0.05, 0.1) is 25.2 Å². The Labute approximate surface area is 368 Å². The lowest BCUT2D eigenvalue weighted by molar-refractivity contribution is -0.151. The summed E-state index contributed by atoms with van der Waals surface area (Å²) in [5.41, 5.74) is 0. The van der Waals surface area contributed by atoms with Crippen molar-refractivity contribution >= 4 is 11.9 Å². The average Bonchev–Trinajstić information content (AvgIpc) is 3.23. The summed E-state index contributed by atoms with van der Waals surface area (Å²) in [5, 5.41) is 23.8. The van der Waals surface area contributed by atoms with E-state index in [1.807, 2.05) is 0 Å². The Morgan fingerprint density at radius 3 is 1.22 bits per heavy atom. The summed E-state index contributed by atoms with van der Waals surface area (Å²) < 4.78 is 5.91. The Hall–Kier alpha value is -1.40. The SMILES string of the molecule is CCCCCCCCCCC/C=C/CCCCCC(CC(=O)NC(CO)C(O)CCCCCCCCCCCCCCCCC)OC(=O)CCCCCCCCCCC. The molecular weight excluding hydrogens is 731 g/mol. The zero-order chi connectivity index (χ0) is 43.1. The van der Waals surface area contributed by atoms with Crippen LogP contribution in [0.5, 0.6) is 0 Å². The maximum atomic E-state index is 13.2. The van der Waals surface area contributed by atoms with Crippen LogP contribution in [0.15, 0.2) is 12.2 Å². The van der Waals surface area contributed by atoms with Crippen LogP contribution in [0.3, 0.4) is 0 Å². The second-order valence-electron chi connectivity index (χ2n) is 18.3. The average molecular weight is 834 g/mol. The first-order valence-corrected chi connectivity index (χ1v) is 26.4. The lowest BCUT2D eigenvalue weighted by Crippen LogP contribution is -2.46. The third-order valence-corrected chi connectivity index (χ3v) is 12.3. The minimum absolute atomic E-state index is 0.0737. The summed E-state index contributed by atoms with van der Waals surface area (Å²) in [4.78, 5) is 26.1. The molecule has 0 radical (unpaired) electrons. The molecule has 3 N–H and O–H groups in total. The summed E-state index contributed by atoms with van der Waals surface area (Å²) in [5.74, 6) is -0.475. The van der Waals surface area contributed by atoms with Gasteiger partial charge in [-0.1, -0.05) is 238 Å². The van der Waals surface area contributed by atoms with Gasteiger partial charge in [0, 0.05) is 6.42 Å². The highest BCUT2D eigenvalue weighted by atomic mass is 16.5. The van der Waals surface area contributed by atoms with E-state index in [0.717, 1.165) is 57.8 Å². The zero-order valence-electron chi connectivity index (χ0n) is 39.9. The predicted octanol–water partition coefficient (Wildman–Crippen LogP) is 15.7. The van der Waals surface area contributed by atoms with E-state index in [1.54, 1.807) is 0 Å². The van der Waals surface area contributed by atoms with Gasteiger partial charge in [0.2, 0.25) is 5.91 Å². The largest absolute Gasteiger partial charge is 0.462 e. The highest BCUT2D eigenvalue weighted by Crippen LogP contribution is 2.18. The summed E-state index contributed by atoms with van der Waals surface area (Å²) in [6.45, 7) is 6.49. The normalized spacial score (nSPS) is 13.2. The van der Waals surface area contributed by atoms with E-state index in [2.05, 4.69) is 38.2 Å². The molecule has 0 aliphatic rings. The number of hydrogen-bond acceptors (Lipinski definition) is 5. The number of hydrogen-bond donors (Lipinski definition) is 3. The molecule has 0 rings (SSSR count). The van der Waals surface area contributed by atoms with Crippen LogP contribution >= 0.6 is 0 Å². The Kier molecular flexibility index (Phi) is 46.5. The Bertz CT molecular complexity index is 893. The number of aliphatic hydroxyl groups is 2. The van der Waals surface area contributed by atoms with Crippen molar-refractivity contribution < 1.29 is 24.5 Å². The van der Waals surface area contributed by atoms with Crippen LogP contribution in [0.1, 0.15) is 290 Å². The smallest absolute Gasteiger partial charge is 0.306 e. The van der Waals surface area contributed by atoms with Crippen molar-refractivity contribution in [1.82, 2.24) is 5.32 Å². The van der Waals surface area contributed by atoms with E-state index in [4.69, 9.17) is 4.74 Å².